The molecule has 102 valence electrons. The Morgan fingerprint density at radius 2 is 1.90 bits per heavy atom. The van der Waals surface area contributed by atoms with Gasteiger partial charge in [0.05, 0.1) is 11.4 Å². The molecule has 0 saturated carbocycles. The molecular weight excluding hydrogens is 264 g/mol. The van der Waals surface area contributed by atoms with E-state index >= 15 is 0 Å². The van der Waals surface area contributed by atoms with Gasteiger partial charge >= 0.3 is 0 Å². The second kappa shape index (κ2) is 4.52. The topological polar surface area (TPSA) is 60.9 Å². The molecule has 4 rings (SSSR count). The molecular formula is C15H12N6. The van der Waals surface area contributed by atoms with Crippen molar-refractivity contribution in [3.05, 3.63) is 60.7 Å². The first-order valence-electron chi connectivity index (χ1n) is 6.59. The van der Waals surface area contributed by atoms with Crippen LogP contribution in [0.3, 0.4) is 0 Å². The fraction of sp³-hybridized carbons (Fsp3) is 0.0667. The molecule has 0 bridgehead atoms. The highest BCUT2D eigenvalue weighted by atomic mass is 15.5. The number of aromatic nitrogens is 6. The molecule has 0 atom stereocenters. The van der Waals surface area contributed by atoms with Gasteiger partial charge in [-0.1, -0.05) is 24.3 Å². The summed E-state index contributed by atoms with van der Waals surface area (Å²) in [6, 6.07) is 12.0. The number of pyridine rings is 1. The van der Waals surface area contributed by atoms with Gasteiger partial charge in [-0.3, -0.25) is 0 Å². The van der Waals surface area contributed by atoms with Gasteiger partial charge in [0.25, 0.3) is 0 Å². The van der Waals surface area contributed by atoms with Crippen LogP contribution in [0.25, 0.3) is 22.6 Å². The van der Waals surface area contributed by atoms with Crippen LogP contribution in [0, 0.1) is 6.92 Å². The summed E-state index contributed by atoms with van der Waals surface area (Å²) in [6.07, 6.45) is 5.66. The van der Waals surface area contributed by atoms with Crippen molar-refractivity contribution in [1.82, 2.24) is 29.6 Å². The van der Waals surface area contributed by atoms with Crippen LogP contribution in [0.4, 0.5) is 0 Å². The number of fused-ring (bicyclic) bond motifs is 1. The summed E-state index contributed by atoms with van der Waals surface area (Å²) in [5, 5.41) is 11.4. The van der Waals surface area contributed by atoms with E-state index in [1.807, 2.05) is 40.9 Å². The fourth-order valence-electron chi connectivity index (χ4n) is 2.39. The number of aryl methyl sites for hydroxylation is 1. The third-order valence-corrected chi connectivity index (χ3v) is 3.37. The number of hydrogen-bond acceptors (Lipinski definition) is 4. The molecule has 4 aromatic rings. The van der Waals surface area contributed by atoms with Gasteiger partial charge in [-0.2, -0.15) is 4.68 Å². The van der Waals surface area contributed by atoms with E-state index in [1.54, 1.807) is 11.0 Å². The zero-order valence-corrected chi connectivity index (χ0v) is 11.4. The van der Waals surface area contributed by atoms with Crippen LogP contribution in [0.1, 0.15) is 5.56 Å². The Bertz CT molecular complexity index is 907. The average molecular weight is 276 g/mol. The molecule has 0 spiro atoms. The summed E-state index contributed by atoms with van der Waals surface area (Å²) < 4.78 is 3.67. The molecule has 0 radical (unpaired) electrons. The van der Waals surface area contributed by atoms with E-state index in [-0.39, 0.29) is 0 Å². The van der Waals surface area contributed by atoms with Crippen LogP contribution >= 0.6 is 0 Å². The van der Waals surface area contributed by atoms with Crippen LogP contribution in [-0.4, -0.2) is 29.6 Å². The van der Waals surface area contributed by atoms with Gasteiger partial charge in [0.15, 0.2) is 0 Å². The van der Waals surface area contributed by atoms with E-state index in [0.717, 1.165) is 22.6 Å². The lowest BCUT2D eigenvalue weighted by molar-refractivity contribution is 0.790. The summed E-state index contributed by atoms with van der Waals surface area (Å²) in [6.45, 7) is 2.06. The zero-order valence-electron chi connectivity index (χ0n) is 11.4. The second-order valence-corrected chi connectivity index (χ2v) is 4.87. The molecule has 0 N–H and O–H groups in total. The maximum Gasteiger partial charge on any atom is 0.143 e. The fourth-order valence-corrected chi connectivity index (χ4v) is 2.39. The number of imidazole rings is 1. The van der Waals surface area contributed by atoms with Crippen molar-refractivity contribution < 1.29 is 0 Å². The lowest BCUT2D eigenvalue weighted by atomic mass is 10.1. The highest BCUT2D eigenvalue weighted by molar-refractivity contribution is 5.71. The van der Waals surface area contributed by atoms with Crippen molar-refractivity contribution in [2.24, 2.45) is 0 Å². The highest BCUT2D eigenvalue weighted by Gasteiger charge is 2.11. The maximum absolute atomic E-state index is 4.68. The summed E-state index contributed by atoms with van der Waals surface area (Å²) >= 11 is 0. The second-order valence-electron chi connectivity index (χ2n) is 4.87. The van der Waals surface area contributed by atoms with Gasteiger partial charge in [-0.15, -0.1) is 5.10 Å². The van der Waals surface area contributed by atoms with Crippen molar-refractivity contribution in [1.29, 1.82) is 0 Å². The Labute approximate surface area is 120 Å². The van der Waals surface area contributed by atoms with E-state index in [0.29, 0.717) is 0 Å². The minimum absolute atomic E-state index is 0.895. The third kappa shape index (κ3) is 1.97. The van der Waals surface area contributed by atoms with Crippen LogP contribution in [0.5, 0.6) is 0 Å². The molecule has 0 unspecified atom stereocenters. The zero-order chi connectivity index (χ0) is 14.2. The monoisotopic (exact) mass is 276 g/mol. The molecule has 3 aromatic heterocycles. The van der Waals surface area contributed by atoms with E-state index in [1.165, 1.54) is 5.56 Å². The van der Waals surface area contributed by atoms with E-state index in [2.05, 4.69) is 39.7 Å². The van der Waals surface area contributed by atoms with Crippen LogP contribution in [-0.2, 0) is 0 Å². The molecule has 0 aliphatic heterocycles. The average Bonchev–Trinajstić information content (AvgIpc) is 3.16. The summed E-state index contributed by atoms with van der Waals surface area (Å²) in [5.74, 6) is 0. The Balaban J connectivity index is 1.93. The molecule has 0 amide bonds. The molecule has 0 saturated heterocycles. The van der Waals surface area contributed by atoms with E-state index in [4.69, 9.17) is 0 Å². The van der Waals surface area contributed by atoms with Crippen LogP contribution in [0.15, 0.2) is 55.1 Å². The smallest absolute Gasteiger partial charge is 0.143 e. The molecule has 3 heterocycles. The SMILES string of the molecule is Cc1ccc2nc(-c3ccccc3-n3cnnn3)cn2c1. The molecule has 6 nitrogen and oxygen atoms in total. The highest BCUT2D eigenvalue weighted by Crippen LogP contribution is 2.25. The first-order valence-corrected chi connectivity index (χ1v) is 6.59. The Morgan fingerprint density at radius 1 is 1.00 bits per heavy atom. The number of tetrazole rings is 1. The van der Waals surface area contributed by atoms with Gasteiger partial charge < -0.3 is 4.40 Å². The third-order valence-electron chi connectivity index (χ3n) is 3.37. The molecule has 0 fully saturated rings. The van der Waals surface area contributed by atoms with E-state index < -0.39 is 0 Å². The Hall–Kier alpha value is -3.02. The van der Waals surface area contributed by atoms with Crippen molar-refractivity contribution in [3.8, 4) is 16.9 Å². The van der Waals surface area contributed by atoms with Gasteiger partial charge in [-0.05, 0) is 35.0 Å². The predicted octanol–water partition coefficient (Wildman–Crippen LogP) is 2.29. The number of hydrogen-bond donors (Lipinski definition) is 0. The minimum Gasteiger partial charge on any atom is -0.306 e. The molecule has 0 aliphatic carbocycles. The summed E-state index contributed by atoms with van der Waals surface area (Å²) in [7, 11) is 0. The largest absolute Gasteiger partial charge is 0.306 e. The van der Waals surface area contributed by atoms with Crippen molar-refractivity contribution in [2.75, 3.05) is 0 Å². The van der Waals surface area contributed by atoms with Crippen molar-refractivity contribution in [2.45, 2.75) is 6.92 Å². The summed E-state index contributed by atoms with van der Waals surface area (Å²) in [4.78, 5) is 4.68. The van der Waals surface area contributed by atoms with Crippen molar-refractivity contribution in [3.63, 3.8) is 0 Å². The molecule has 0 aliphatic rings. The lowest BCUT2D eigenvalue weighted by Crippen LogP contribution is -1.97. The molecule has 21 heavy (non-hydrogen) atoms. The van der Waals surface area contributed by atoms with Crippen molar-refractivity contribution >= 4 is 5.65 Å². The summed E-state index contributed by atoms with van der Waals surface area (Å²) in [5.41, 5.74) is 4.91. The Morgan fingerprint density at radius 3 is 2.76 bits per heavy atom. The number of rotatable bonds is 2. The number of para-hydroxylation sites is 1. The van der Waals surface area contributed by atoms with Crippen LogP contribution in [0.2, 0.25) is 0 Å². The minimum atomic E-state index is 0.895. The predicted molar refractivity (Wildman–Crippen MR) is 78.1 cm³/mol. The van der Waals surface area contributed by atoms with Gasteiger partial charge in [-0.25, -0.2) is 4.98 Å². The maximum atomic E-state index is 4.68. The lowest BCUT2D eigenvalue weighted by Gasteiger charge is -2.05. The normalized spacial score (nSPS) is 11.1. The van der Waals surface area contributed by atoms with Gasteiger partial charge in [0.1, 0.15) is 12.0 Å². The molecule has 6 heteroatoms. The Kier molecular flexibility index (Phi) is 2.53. The first kappa shape index (κ1) is 11.8. The van der Waals surface area contributed by atoms with Gasteiger partial charge in [0, 0.05) is 18.0 Å². The van der Waals surface area contributed by atoms with E-state index in [9.17, 15) is 0 Å². The first-order chi connectivity index (χ1) is 10.3. The standard InChI is InChI=1S/C15H12N6/c1-11-6-7-15-17-13(9-20(15)8-11)12-4-2-3-5-14(12)21-10-16-18-19-21/h2-10H,1H3. The number of nitrogens with zero attached hydrogens (tertiary/aromatic N) is 6. The van der Waals surface area contributed by atoms with Gasteiger partial charge in [0.2, 0.25) is 0 Å². The quantitative estimate of drug-likeness (QED) is 0.563. The number of benzene rings is 1. The van der Waals surface area contributed by atoms with Crippen LogP contribution < -0.4 is 0 Å². The molecule has 1 aromatic carbocycles.